The molecule has 1 aliphatic heterocycles. The molecule has 6 heteroatoms. The van der Waals surface area contributed by atoms with Gasteiger partial charge in [0.25, 0.3) is 0 Å². The lowest BCUT2D eigenvalue weighted by Gasteiger charge is -2.35. The third kappa shape index (κ3) is 3.71. The zero-order valence-corrected chi connectivity index (χ0v) is 13.9. The lowest BCUT2D eigenvalue weighted by atomic mass is 9.99. The van der Waals surface area contributed by atoms with Gasteiger partial charge in [-0.15, -0.1) is 0 Å². The van der Waals surface area contributed by atoms with Gasteiger partial charge < -0.3 is 14.0 Å². The fraction of sp³-hybridized carbons (Fsp3) is 0.529. The van der Waals surface area contributed by atoms with Crippen LogP contribution in [-0.4, -0.2) is 48.5 Å². The van der Waals surface area contributed by atoms with Crippen molar-refractivity contribution >= 4 is 0 Å². The minimum absolute atomic E-state index is 0.0330. The summed E-state index contributed by atoms with van der Waals surface area (Å²) in [7, 11) is 1.68. The van der Waals surface area contributed by atoms with Crippen molar-refractivity contribution in [2.75, 3.05) is 33.4 Å². The molecule has 1 aromatic carbocycles. The molecular weight excluding hydrogens is 294 g/mol. The minimum atomic E-state index is 0.0330. The van der Waals surface area contributed by atoms with E-state index in [1.807, 2.05) is 19.1 Å². The van der Waals surface area contributed by atoms with Crippen LogP contribution in [0.5, 0.6) is 5.75 Å². The molecule has 2 atom stereocenters. The van der Waals surface area contributed by atoms with Crippen molar-refractivity contribution in [2.45, 2.75) is 25.8 Å². The lowest BCUT2D eigenvalue weighted by molar-refractivity contribution is -0.0219. The maximum Gasteiger partial charge on any atom is 0.246 e. The van der Waals surface area contributed by atoms with Gasteiger partial charge in [-0.05, 0) is 30.5 Å². The van der Waals surface area contributed by atoms with Gasteiger partial charge in [-0.25, -0.2) is 0 Å². The maximum absolute atomic E-state index is 5.61. The molecule has 2 heterocycles. The van der Waals surface area contributed by atoms with Crippen molar-refractivity contribution in [3.8, 4) is 5.75 Å². The Morgan fingerprint density at radius 2 is 2.13 bits per heavy atom. The van der Waals surface area contributed by atoms with Crippen molar-refractivity contribution in [2.24, 2.45) is 0 Å². The van der Waals surface area contributed by atoms with Crippen LogP contribution < -0.4 is 4.74 Å². The van der Waals surface area contributed by atoms with Gasteiger partial charge >= 0.3 is 0 Å². The highest BCUT2D eigenvalue weighted by molar-refractivity contribution is 5.29. The van der Waals surface area contributed by atoms with Crippen molar-refractivity contribution in [1.29, 1.82) is 0 Å². The molecule has 124 valence electrons. The first kappa shape index (κ1) is 16.0. The molecule has 0 N–H and O–H groups in total. The number of hydrogen-bond acceptors (Lipinski definition) is 6. The van der Waals surface area contributed by atoms with Crippen LogP contribution in [0.3, 0.4) is 0 Å². The summed E-state index contributed by atoms with van der Waals surface area (Å²) in [5.41, 5.74) is 1.29. The summed E-state index contributed by atoms with van der Waals surface area (Å²) in [6, 6.07) is 8.28. The Kier molecular flexibility index (Phi) is 4.93. The summed E-state index contributed by atoms with van der Waals surface area (Å²) < 4.78 is 16.2. The number of benzene rings is 1. The zero-order valence-electron chi connectivity index (χ0n) is 13.9. The van der Waals surface area contributed by atoms with E-state index < -0.39 is 0 Å². The molecule has 3 rings (SSSR count). The summed E-state index contributed by atoms with van der Waals surface area (Å²) in [4.78, 5) is 6.74. The first-order valence-corrected chi connectivity index (χ1v) is 7.93. The van der Waals surface area contributed by atoms with Crippen molar-refractivity contribution < 1.29 is 14.0 Å². The molecule has 0 bridgehead atoms. The molecule has 6 nitrogen and oxygen atoms in total. The van der Waals surface area contributed by atoms with Crippen LogP contribution in [0.1, 0.15) is 36.2 Å². The van der Waals surface area contributed by atoms with E-state index in [4.69, 9.17) is 14.0 Å². The molecular formula is C17H23N3O3. The Bertz CT molecular complexity index is 626. The molecule has 0 spiro atoms. The third-order valence-electron chi connectivity index (χ3n) is 4.26. The summed E-state index contributed by atoms with van der Waals surface area (Å²) in [6.45, 7) is 7.18. The number of nitrogens with zero attached hydrogens (tertiary/aromatic N) is 3. The van der Waals surface area contributed by atoms with Gasteiger partial charge in [-0.1, -0.05) is 24.2 Å². The monoisotopic (exact) mass is 317 g/mol. The van der Waals surface area contributed by atoms with Crippen LogP contribution >= 0.6 is 0 Å². The predicted octanol–water partition coefficient (Wildman–Crippen LogP) is 2.56. The second-order valence-corrected chi connectivity index (χ2v) is 5.94. The average molecular weight is 317 g/mol. The van der Waals surface area contributed by atoms with Gasteiger partial charge in [0.05, 0.1) is 20.3 Å². The molecule has 1 aromatic heterocycles. The number of aromatic nitrogens is 2. The van der Waals surface area contributed by atoms with E-state index in [1.165, 1.54) is 5.56 Å². The van der Waals surface area contributed by atoms with E-state index in [0.717, 1.165) is 25.4 Å². The summed E-state index contributed by atoms with van der Waals surface area (Å²) >= 11 is 0. The summed E-state index contributed by atoms with van der Waals surface area (Å²) in [6.07, 6.45) is 0. The standard InChI is InChI=1S/C17H23N3O3/c1-12(14-4-6-15(21-3)7-5-14)10-20-8-9-22-11-16(20)17-18-13(2)19-23-17/h4-7,12,16H,8-11H2,1-3H3. The van der Waals surface area contributed by atoms with Gasteiger partial charge in [-0.2, -0.15) is 4.98 Å². The molecule has 0 radical (unpaired) electrons. The van der Waals surface area contributed by atoms with Crippen LogP contribution in [0.15, 0.2) is 28.8 Å². The van der Waals surface area contributed by atoms with Gasteiger partial charge in [0.1, 0.15) is 11.8 Å². The molecule has 23 heavy (non-hydrogen) atoms. The third-order valence-corrected chi connectivity index (χ3v) is 4.26. The molecule has 0 amide bonds. The van der Waals surface area contributed by atoms with E-state index in [0.29, 0.717) is 24.2 Å². The fourth-order valence-corrected chi connectivity index (χ4v) is 2.92. The number of methoxy groups -OCH3 is 1. The van der Waals surface area contributed by atoms with E-state index in [-0.39, 0.29) is 6.04 Å². The SMILES string of the molecule is COc1ccc(C(C)CN2CCOCC2c2nc(C)no2)cc1. The van der Waals surface area contributed by atoms with Crippen LogP contribution in [0.2, 0.25) is 0 Å². The van der Waals surface area contributed by atoms with Crippen LogP contribution in [0.25, 0.3) is 0 Å². The largest absolute Gasteiger partial charge is 0.497 e. The number of ether oxygens (including phenoxy) is 2. The first-order chi connectivity index (χ1) is 11.2. The lowest BCUT2D eigenvalue weighted by Crippen LogP contribution is -2.41. The van der Waals surface area contributed by atoms with Gasteiger partial charge in [0, 0.05) is 13.1 Å². The Morgan fingerprint density at radius 1 is 1.35 bits per heavy atom. The zero-order chi connectivity index (χ0) is 16.2. The quantitative estimate of drug-likeness (QED) is 0.844. The number of rotatable bonds is 5. The highest BCUT2D eigenvalue weighted by atomic mass is 16.5. The molecule has 1 fully saturated rings. The second-order valence-electron chi connectivity index (χ2n) is 5.94. The van der Waals surface area contributed by atoms with Gasteiger partial charge in [0.15, 0.2) is 5.82 Å². The Balaban J connectivity index is 1.70. The van der Waals surface area contributed by atoms with Crippen molar-refractivity contribution in [3.05, 3.63) is 41.5 Å². The van der Waals surface area contributed by atoms with E-state index in [9.17, 15) is 0 Å². The van der Waals surface area contributed by atoms with Gasteiger partial charge in [0.2, 0.25) is 5.89 Å². The molecule has 1 saturated heterocycles. The van der Waals surface area contributed by atoms with Crippen LogP contribution in [-0.2, 0) is 4.74 Å². The first-order valence-electron chi connectivity index (χ1n) is 7.93. The molecule has 0 aliphatic carbocycles. The van der Waals surface area contributed by atoms with E-state index in [2.05, 4.69) is 34.1 Å². The predicted molar refractivity (Wildman–Crippen MR) is 85.6 cm³/mol. The van der Waals surface area contributed by atoms with Gasteiger partial charge in [-0.3, -0.25) is 4.90 Å². The fourth-order valence-electron chi connectivity index (χ4n) is 2.92. The highest BCUT2D eigenvalue weighted by Crippen LogP contribution is 2.27. The van der Waals surface area contributed by atoms with E-state index >= 15 is 0 Å². The van der Waals surface area contributed by atoms with Crippen molar-refractivity contribution in [1.82, 2.24) is 15.0 Å². The number of hydrogen-bond donors (Lipinski definition) is 0. The normalized spacial score (nSPS) is 20.4. The molecule has 2 aromatic rings. The highest BCUT2D eigenvalue weighted by Gasteiger charge is 2.30. The number of aryl methyl sites for hydroxylation is 1. The molecule has 0 saturated carbocycles. The number of morpholine rings is 1. The second kappa shape index (κ2) is 7.10. The molecule has 2 unspecified atom stereocenters. The minimum Gasteiger partial charge on any atom is -0.497 e. The Morgan fingerprint density at radius 3 is 2.78 bits per heavy atom. The Labute approximate surface area is 136 Å². The summed E-state index contributed by atoms with van der Waals surface area (Å²) in [5, 5.41) is 3.90. The average Bonchev–Trinajstić information content (AvgIpc) is 3.01. The van der Waals surface area contributed by atoms with E-state index in [1.54, 1.807) is 7.11 Å². The summed E-state index contributed by atoms with van der Waals surface area (Å²) in [5.74, 6) is 2.58. The smallest absolute Gasteiger partial charge is 0.246 e. The van der Waals surface area contributed by atoms with Crippen molar-refractivity contribution in [3.63, 3.8) is 0 Å². The maximum atomic E-state index is 5.61. The topological polar surface area (TPSA) is 60.6 Å². The molecule has 1 aliphatic rings. The van der Waals surface area contributed by atoms with Crippen LogP contribution in [0.4, 0.5) is 0 Å². The Hall–Kier alpha value is -1.92. The van der Waals surface area contributed by atoms with Crippen LogP contribution in [0, 0.1) is 6.92 Å².